The molecule has 1 rings (SSSR count). The highest BCUT2D eigenvalue weighted by Gasteiger charge is 2.07. The molecule has 0 aromatic carbocycles. The molecule has 1 heterocycles. The maximum Gasteiger partial charge on any atom is 0.0823 e. The van der Waals surface area contributed by atoms with Gasteiger partial charge in [-0.3, -0.25) is 4.68 Å². The fourth-order valence-corrected chi connectivity index (χ4v) is 1.04. The Hall–Kier alpha value is -1.03. The van der Waals surface area contributed by atoms with E-state index in [4.69, 9.17) is 10.5 Å². The van der Waals surface area contributed by atoms with Crippen LogP contribution in [0.3, 0.4) is 0 Å². The van der Waals surface area contributed by atoms with Crippen molar-refractivity contribution in [3.8, 4) is 0 Å². The second kappa shape index (κ2) is 3.58. The van der Waals surface area contributed by atoms with Crippen molar-refractivity contribution in [3.05, 3.63) is 11.9 Å². The Morgan fingerprint density at radius 3 is 2.83 bits per heavy atom. The number of hydrogen-bond donors (Lipinski definition) is 1. The van der Waals surface area contributed by atoms with E-state index in [0.29, 0.717) is 6.61 Å². The molecule has 0 aliphatic carbocycles. The number of aromatic nitrogens is 2. The van der Waals surface area contributed by atoms with Gasteiger partial charge in [-0.1, -0.05) is 0 Å². The summed E-state index contributed by atoms with van der Waals surface area (Å²) in [6.45, 7) is 4.58. The zero-order valence-corrected chi connectivity index (χ0v) is 7.74. The van der Waals surface area contributed by atoms with E-state index in [1.54, 1.807) is 7.11 Å². The third-order valence-electron chi connectivity index (χ3n) is 1.81. The number of hydrogen-bond acceptors (Lipinski definition) is 3. The molecule has 0 radical (unpaired) electrons. The summed E-state index contributed by atoms with van der Waals surface area (Å²) in [5.74, 6) is 0. The molecule has 4 nitrogen and oxygen atoms in total. The van der Waals surface area contributed by atoms with E-state index >= 15 is 0 Å². The lowest BCUT2D eigenvalue weighted by atomic mass is 10.4. The number of rotatable bonds is 3. The van der Waals surface area contributed by atoms with Gasteiger partial charge in [0.25, 0.3) is 0 Å². The van der Waals surface area contributed by atoms with Crippen molar-refractivity contribution in [2.24, 2.45) is 0 Å². The molecule has 0 aliphatic rings. The number of methoxy groups -OCH3 is 1. The van der Waals surface area contributed by atoms with Crippen LogP contribution in [0, 0.1) is 6.92 Å². The summed E-state index contributed by atoms with van der Waals surface area (Å²) in [6.07, 6.45) is 1.83. The first-order valence-electron chi connectivity index (χ1n) is 3.95. The Morgan fingerprint density at radius 1 is 1.75 bits per heavy atom. The molecule has 0 bridgehead atoms. The molecule has 0 unspecified atom stereocenters. The topological polar surface area (TPSA) is 53.1 Å². The average molecular weight is 169 g/mol. The summed E-state index contributed by atoms with van der Waals surface area (Å²) in [4.78, 5) is 0. The maximum atomic E-state index is 5.65. The normalized spacial score (nSPS) is 13.2. The van der Waals surface area contributed by atoms with Crippen LogP contribution in [0.1, 0.15) is 18.7 Å². The molecule has 1 atom stereocenters. The summed E-state index contributed by atoms with van der Waals surface area (Å²) in [7, 11) is 1.68. The Bertz CT molecular complexity index is 237. The van der Waals surface area contributed by atoms with E-state index < -0.39 is 0 Å². The van der Waals surface area contributed by atoms with Crippen LogP contribution >= 0.6 is 0 Å². The van der Waals surface area contributed by atoms with Gasteiger partial charge in [-0.15, -0.1) is 0 Å². The molecule has 0 saturated carbocycles. The molecule has 68 valence electrons. The van der Waals surface area contributed by atoms with Crippen molar-refractivity contribution in [1.29, 1.82) is 0 Å². The van der Waals surface area contributed by atoms with E-state index in [9.17, 15) is 0 Å². The van der Waals surface area contributed by atoms with Gasteiger partial charge in [-0.05, 0) is 13.8 Å². The SMILES string of the molecule is COC[C@@H](C)n1cc(N)c(C)n1. The van der Waals surface area contributed by atoms with Crippen LogP contribution in [-0.2, 0) is 4.74 Å². The smallest absolute Gasteiger partial charge is 0.0823 e. The van der Waals surface area contributed by atoms with Gasteiger partial charge in [0.15, 0.2) is 0 Å². The lowest BCUT2D eigenvalue weighted by molar-refractivity contribution is 0.157. The van der Waals surface area contributed by atoms with Crippen LogP contribution in [0.5, 0.6) is 0 Å². The maximum absolute atomic E-state index is 5.65. The Morgan fingerprint density at radius 2 is 2.42 bits per heavy atom. The van der Waals surface area contributed by atoms with Gasteiger partial charge in [-0.2, -0.15) is 5.10 Å². The van der Waals surface area contributed by atoms with E-state index in [1.807, 2.05) is 24.7 Å². The zero-order chi connectivity index (χ0) is 9.14. The molecule has 0 saturated heterocycles. The number of nitrogens with zero attached hydrogens (tertiary/aromatic N) is 2. The predicted molar refractivity (Wildman–Crippen MR) is 48.0 cm³/mol. The van der Waals surface area contributed by atoms with Gasteiger partial charge >= 0.3 is 0 Å². The van der Waals surface area contributed by atoms with Gasteiger partial charge in [0, 0.05) is 13.3 Å². The quantitative estimate of drug-likeness (QED) is 0.733. The first kappa shape index (κ1) is 9.06. The second-order valence-electron chi connectivity index (χ2n) is 2.95. The zero-order valence-electron chi connectivity index (χ0n) is 7.74. The minimum atomic E-state index is 0.242. The van der Waals surface area contributed by atoms with E-state index in [0.717, 1.165) is 11.4 Å². The first-order chi connectivity index (χ1) is 5.65. The standard InChI is InChI=1S/C8H15N3O/c1-6(5-12-3)11-4-8(9)7(2)10-11/h4,6H,5,9H2,1-3H3/t6-/m1/s1. The fourth-order valence-electron chi connectivity index (χ4n) is 1.04. The van der Waals surface area contributed by atoms with E-state index in [1.165, 1.54) is 0 Å². The average Bonchev–Trinajstić information content (AvgIpc) is 2.33. The Balaban J connectivity index is 2.74. The Labute approximate surface area is 72.3 Å². The number of nitrogens with two attached hydrogens (primary N) is 1. The predicted octanol–water partition coefficient (Wildman–Crippen LogP) is 0.981. The third kappa shape index (κ3) is 1.76. The van der Waals surface area contributed by atoms with Gasteiger partial charge in [0.2, 0.25) is 0 Å². The summed E-state index contributed by atoms with van der Waals surface area (Å²) in [6, 6.07) is 0.242. The van der Waals surface area contributed by atoms with E-state index in [2.05, 4.69) is 5.10 Å². The summed E-state index contributed by atoms with van der Waals surface area (Å²) < 4.78 is 6.83. The highest BCUT2D eigenvalue weighted by atomic mass is 16.5. The van der Waals surface area contributed by atoms with Crippen molar-refractivity contribution in [1.82, 2.24) is 9.78 Å². The molecule has 2 N–H and O–H groups in total. The lowest BCUT2D eigenvalue weighted by Crippen LogP contribution is -2.11. The number of anilines is 1. The van der Waals surface area contributed by atoms with Crippen LogP contribution in [0.15, 0.2) is 6.20 Å². The van der Waals surface area contributed by atoms with Crippen molar-refractivity contribution < 1.29 is 4.74 Å². The molecule has 1 aromatic rings. The van der Waals surface area contributed by atoms with E-state index in [-0.39, 0.29) is 6.04 Å². The second-order valence-corrected chi connectivity index (χ2v) is 2.95. The van der Waals surface area contributed by atoms with Gasteiger partial charge in [0.05, 0.1) is 24.0 Å². The van der Waals surface area contributed by atoms with Crippen LogP contribution in [0.2, 0.25) is 0 Å². The highest BCUT2D eigenvalue weighted by Crippen LogP contribution is 2.11. The number of nitrogen functional groups attached to an aromatic ring is 1. The molecule has 0 fully saturated rings. The van der Waals surface area contributed by atoms with Crippen LogP contribution in [-0.4, -0.2) is 23.5 Å². The summed E-state index contributed by atoms with van der Waals surface area (Å²) in [5, 5.41) is 4.24. The molecule has 0 aliphatic heterocycles. The molecule has 12 heavy (non-hydrogen) atoms. The molecule has 0 amide bonds. The van der Waals surface area contributed by atoms with Crippen LogP contribution < -0.4 is 5.73 Å². The van der Waals surface area contributed by atoms with Crippen LogP contribution in [0.4, 0.5) is 5.69 Å². The molecule has 1 aromatic heterocycles. The van der Waals surface area contributed by atoms with Crippen molar-refractivity contribution in [2.75, 3.05) is 19.5 Å². The summed E-state index contributed by atoms with van der Waals surface area (Å²) >= 11 is 0. The number of aryl methyl sites for hydroxylation is 1. The van der Waals surface area contributed by atoms with Crippen molar-refractivity contribution in [3.63, 3.8) is 0 Å². The third-order valence-corrected chi connectivity index (χ3v) is 1.81. The molecular formula is C8H15N3O. The molecule has 0 spiro atoms. The van der Waals surface area contributed by atoms with Gasteiger partial charge in [0.1, 0.15) is 0 Å². The summed E-state index contributed by atoms with van der Waals surface area (Å²) in [5.41, 5.74) is 7.26. The fraction of sp³-hybridized carbons (Fsp3) is 0.625. The van der Waals surface area contributed by atoms with Gasteiger partial charge in [-0.25, -0.2) is 0 Å². The monoisotopic (exact) mass is 169 g/mol. The molecular weight excluding hydrogens is 154 g/mol. The number of ether oxygens (including phenoxy) is 1. The van der Waals surface area contributed by atoms with Crippen molar-refractivity contribution in [2.45, 2.75) is 19.9 Å². The Kier molecular flexibility index (Phi) is 2.70. The minimum Gasteiger partial charge on any atom is -0.396 e. The largest absolute Gasteiger partial charge is 0.396 e. The van der Waals surface area contributed by atoms with Crippen LogP contribution in [0.25, 0.3) is 0 Å². The highest BCUT2D eigenvalue weighted by molar-refractivity contribution is 5.39. The van der Waals surface area contributed by atoms with Gasteiger partial charge < -0.3 is 10.5 Å². The lowest BCUT2D eigenvalue weighted by Gasteiger charge is -2.09. The van der Waals surface area contributed by atoms with Crippen molar-refractivity contribution >= 4 is 5.69 Å². The molecule has 4 heteroatoms. The first-order valence-corrected chi connectivity index (χ1v) is 3.95. The minimum absolute atomic E-state index is 0.242.